The molecule has 0 aliphatic heterocycles. The van der Waals surface area contributed by atoms with Gasteiger partial charge in [0.25, 0.3) is 0 Å². The van der Waals surface area contributed by atoms with E-state index in [1.165, 1.54) is 61.2 Å². The van der Waals surface area contributed by atoms with Crippen molar-refractivity contribution in [1.82, 2.24) is 19.9 Å². The molecule has 0 N–H and O–H groups in total. The number of benzene rings is 10. The minimum atomic E-state index is -0.702. The monoisotopic (exact) mass is 1370 g/mol. The summed E-state index contributed by atoms with van der Waals surface area (Å²) in [6.07, 6.45) is 0. The Kier molecular flexibility index (Phi) is 22.9. The van der Waals surface area contributed by atoms with Gasteiger partial charge in [-0.3, -0.25) is 0 Å². The van der Waals surface area contributed by atoms with Crippen molar-refractivity contribution in [3.63, 3.8) is 0 Å². The van der Waals surface area contributed by atoms with Crippen LogP contribution in [-0.4, -0.2) is 83.5 Å². The van der Waals surface area contributed by atoms with Crippen LogP contribution in [0.25, 0.3) is 65.9 Å². The Morgan fingerprint density at radius 3 is 1.08 bits per heavy atom. The molecule has 490 valence electrons. The maximum atomic E-state index is 6.00. The largest absolute Gasteiger partial charge is 0.881 e. The smallest absolute Gasteiger partial charge is 0.616 e. The van der Waals surface area contributed by atoms with Crippen molar-refractivity contribution in [2.75, 3.05) is 0 Å². The van der Waals surface area contributed by atoms with Gasteiger partial charge >= 0.3 is 63.5 Å². The van der Waals surface area contributed by atoms with E-state index in [9.17, 15) is 0 Å². The second-order valence-electron chi connectivity index (χ2n) is 25.3. The fourth-order valence-electron chi connectivity index (χ4n) is 11.8. The van der Waals surface area contributed by atoms with E-state index in [0.717, 1.165) is 112 Å². The number of fused-ring (bicyclic) bond motifs is 7. The molecule has 1 aliphatic carbocycles. The highest BCUT2D eigenvalue weighted by Crippen LogP contribution is 2.49. The van der Waals surface area contributed by atoms with E-state index in [0.29, 0.717) is 0 Å². The summed E-state index contributed by atoms with van der Waals surface area (Å²) in [7, 11) is 0. The van der Waals surface area contributed by atoms with Crippen LogP contribution in [0.4, 0.5) is 0 Å². The first kappa shape index (κ1) is 70.2. The minimum Gasteiger partial charge on any atom is -0.616 e. The van der Waals surface area contributed by atoms with Crippen molar-refractivity contribution in [3.8, 4) is 68.2 Å². The summed E-state index contributed by atoms with van der Waals surface area (Å²) in [6.45, 7) is 22.9. The molecule has 0 spiro atoms. The van der Waals surface area contributed by atoms with Crippen LogP contribution in [0.1, 0.15) is 75.6 Å². The molecule has 0 unspecified atom stereocenters. The Bertz CT molecular complexity index is 5190. The normalized spacial score (nSPS) is 11.4. The van der Waals surface area contributed by atoms with Crippen molar-refractivity contribution in [1.29, 1.82) is 0 Å². The highest BCUT2D eigenvalue weighted by atomic mass is 27.2. The Morgan fingerprint density at radius 2 is 0.640 bits per heavy atom. The summed E-state index contributed by atoms with van der Waals surface area (Å²) >= 11 is -2.57. The topological polar surface area (TPSA) is 125 Å². The van der Waals surface area contributed by atoms with Gasteiger partial charge in [-0.1, -0.05) is 165 Å². The van der Waals surface area contributed by atoms with Crippen molar-refractivity contribution in [2.24, 2.45) is 0 Å². The summed E-state index contributed by atoms with van der Waals surface area (Å²) in [4.78, 5) is 18.3. The zero-order valence-corrected chi connectivity index (χ0v) is 62.7. The Morgan fingerprint density at radius 1 is 0.260 bits per heavy atom. The van der Waals surface area contributed by atoms with Crippen molar-refractivity contribution in [2.45, 2.75) is 81.6 Å². The molecular formula is C84H74Al4N4O8. The zero-order valence-electron chi connectivity index (χ0n) is 58.0. The van der Waals surface area contributed by atoms with E-state index in [1.54, 1.807) is 0 Å². The van der Waals surface area contributed by atoms with Crippen LogP contribution >= 0.6 is 0 Å². The molecule has 0 amide bonds. The molecule has 4 aromatic heterocycles. The van der Waals surface area contributed by atoms with Crippen LogP contribution in [0.5, 0.6) is 46.0 Å². The molecule has 12 nitrogen and oxygen atoms in total. The number of rotatable bonds is 17. The summed E-state index contributed by atoms with van der Waals surface area (Å²) in [5.74, 6) is 6.44. The van der Waals surface area contributed by atoms with Gasteiger partial charge in [0.2, 0.25) is 0 Å². The van der Waals surface area contributed by atoms with Gasteiger partial charge in [-0.15, -0.1) is 0 Å². The Hall–Kier alpha value is -9.63. The van der Waals surface area contributed by atoms with E-state index in [1.807, 2.05) is 185 Å². The van der Waals surface area contributed by atoms with Gasteiger partial charge in [0.05, 0.1) is 23.0 Å². The number of nitrogens with zero attached hydrogens (tertiary/aromatic N) is 4. The molecule has 0 atom stereocenters. The molecule has 16 heteroatoms. The summed E-state index contributed by atoms with van der Waals surface area (Å²) in [6, 6.07) is 84.1. The SMILES string of the molecule is Cc1cc(C)cc([O][Al][O]c2cccc3ccc(C)nc23)c1.Cc1ccc([O][Al][O]c2cccc3ccc(C)nc23)cc1.Cc1ccc2cccc([O][Al][O]c3ccc(-c4ccc5c(c4)C(C)(C)c4ccccc4-5)cc3)c2n1.Cc1ccc2cccc([O][Al][O]c3ccc(C)c(C)c3)c2n1. The molecule has 15 rings (SSSR count). The standard InChI is InChI=1S/C21H18O.4C10H9NO.2C8H10O.C7H8O.4Al/c1-21(2)19-6-4-3-5-17(19)18-12-9-15(13-20(18)21)14-7-10-16(22)11-8-14;4*1-7-5-6-8-3-2-4-9(12)10(8)11-7;1-6-3-7(2)5-8(9)4-6;1-6-3-4-8(9)5-7(6)2;1-6-2-4-7(8)5-3-6;;;;/h3-13,22H,1-2H3;4*2-6,12H,1H3;2*3-5,9H,1-2H3;2-5,8H,1H3;;;;/q;;;;;;;;4*+2/p-8. The first-order chi connectivity index (χ1) is 48.5. The predicted molar refractivity (Wildman–Crippen MR) is 406 cm³/mol. The molecule has 100 heavy (non-hydrogen) atoms. The number of pyridine rings is 4. The van der Waals surface area contributed by atoms with Gasteiger partial charge in [-0.05, 0) is 221 Å². The zero-order chi connectivity index (χ0) is 69.7. The van der Waals surface area contributed by atoms with Gasteiger partial charge in [0.1, 0.15) is 45.1 Å². The van der Waals surface area contributed by atoms with E-state index >= 15 is 0 Å². The third kappa shape index (κ3) is 17.7. The van der Waals surface area contributed by atoms with Gasteiger partial charge in [-0.25, -0.2) is 19.9 Å². The lowest BCUT2D eigenvalue weighted by Crippen LogP contribution is -2.14. The second-order valence-corrected chi connectivity index (χ2v) is 27.9. The van der Waals surface area contributed by atoms with Gasteiger partial charge < -0.3 is 30.3 Å². The first-order valence-electron chi connectivity index (χ1n) is 33.1. The van der Waals surface area contributed by atoms with Crippen LogP contribution in [0, 0.1) is 62.3 Å². The van der Waals surface area contributed by atoms with E-state index in [4.69, 9.17) is 30.3 Å². The van der Waals surface area contributed by atoms with Crippen LogP contribution in [-0.2, 0) is 5.41 Å². The minimum absolute atomic E-state index is 0.000690. The third-order valence-corrected chi connectivity index (χ3v) is 20.1. The molecule has 10 aromatic carbocycles. The molecule has 4 heterocycles. The maximum absolute atomic E-state index is 6.00. The Labute approximate surface area is 612 Å². The van der Waals surface area contributed by atoms with Gasteiger partial charge in [-0.2, -0.15) is 0 Å². The lowest BCUT2D eigenvalue weighted by atomic mass is 9.81. The highest BCUT2D eigenvalue weighted by Gasteiger charge is 2.35. The third-order valence-electron chi connectivity index (χ3n) is 17.2. The fraction of sp³-hybridized carbons (Fsp3) is 0.143. The fourth-order valence-corrected chi connectivity index (χ4v) is 14.2. The predicted octanol–water partition coefficient (Wildman–Crippen LogP) is 19.7. The van der Waals surface area contributed by atoms with Crippen molar-refractivity contribution < 1.29 is 30.3 Å². The van der Waals surface area contributed by atoms with Crippen LogP contribution in [0.3, 0.4) is 0 Å². The summed E-state index contributed by atoms with van der Waals surface area (Å²) < 4.78 is 46.7. The highest BCUT2D eigenvalue weighted by molar-refractivity contribution is 6.22. The molecule has 0 bridgehead atoms. The quantitative estimate of drug-likeness (QED) is 0.0806. The molecule has 0 saturated carbocycles. The van der Waals surface area contributed by atoms with Gasteiger partial charge in [0, 0.05) is 49.7 Å². The van der Waals surface area contributed by atoms with E-state index < -0.39 is 63.5 Å². The maximum Gasteiger partial charge on any atom is 0.881 e. The lowest BCUT2D eigenvalue weighted by Gasteiger charge is -2.22. The average molecular weight is 1380 g/mol. The second kappa shape index (κ2) is 32.6. The van der Waals surface area contributed by atoms with Crippen molar-refractivity contribution in [3.05, 3.63) is 310 Å². The molecule has 0 fully saturated rings. The van der Waals surface area contributed by atoms with Gasteiger partial charge in [0.15, 0.2) is 0 Å². The number of hydrogen-bond acceptors (Lipinski definition) is 12. The van der Waals surface area contributed by atoms with Crippen molar-refractivity contribution >= 4 is 107 Å². The Balaban J connectivity index is 0.000000130. The number of aromatic nitrogens is 4. The summed E-state index contributed by atoms with van der Waals surface area (Å²) in [5.41, 5.74) is 21.4. The van der Waals surface area contributed by atoms with Crippen LogP contribution < -0.4 is 30.3 Å². The summed E-state index contributed by atoms with van der Waals surface area (Å²) in [5, 5.41) is 4.30. The van der Waals surface area contributed by atoms with Crippen LogP contribution in [0.15, 0.2) is 249 Å². The van der Waals surface area contributed by atoms with Crippen LogP contribution in [0.2, 0.25) is 0 Å². The first-order valence-corrected chi connectivity index (χ1v) is 36.9. The molecular weight excluding hydrogens is 1300 g/mol. The number of para-hydroxylation sites is 4. The average Bonchev–Trinajstić information content (AvgIpc) is 1.58. The number of hydrogen-bond donors (Lipinski definition) is 0. The number of aryl methyl sites for hydroxylation is 9. The molecule has 14 aromatic rings. The molecule has 0 saturated heterocycles. The van der Waals surface area contributed by atoms with E-state index in [-0.39, 0.29) is 5.41 Å². The molecule has 4 radical (unpaired) electrons. The molecule has 1 aliphatic rings. The van der Waals surface area contributed by atoms with E-state index in [2.05, 4.69) is 159 Å². The lowest BCUT2D eigenvalue weighted by molar-refractivity contribution is 0.460.